The largest absolute Gasteiger partial charge is 0.289 e. The zero-order valence-electron chi connectivity index (χ0n) is 7.84. The average molecular weight is 275 g/mol. The zero-order valence-corrected chi connectivity index (χ0v) is 10.2. The van der Waals surface area contributed by atoms with Crippen molar-refractivity contribution in [3.8, 4) is 0 Å². The van der Waals surface area contributed by atoms with Gasteiger partial charge in [-0.2, -0.15) is 0 Å². The average Bonchev–Trinajstić information content (AvgIpc) is 2.58. The van der Waals surface area contributed by atoms with Crippen LogP contribution in [0.3, 0.4) is 0 Å². The van der Waals surface area contributed by atoms with Crippen molar-refractivity contribution in [2.45, 2.75) is 0 Å². The Hall–Kier alpha value is -0.900. The number of benzene rings is 1. The van der Waals surface area contributed by atoms with Crippen LogP contribution in [0.1, 0.15) is 15.9 Å². The zero-order chi connectivity index (χ0) is 11.7. The molecule has 0 unspecified atom stereocenters. The highest BCUT2D eigenvalue weighted by molar-refractivity contribution is 7.20. The molecular weight excluding hydrogens is 270 g/mol. The van der Waals surface area contributed by atoms with Crippen LogP contribution >= 0.6 is 34.5 Å². The maximum absolute atomic E-state index is 12.7. The summed E-state index contributed by atoms with van der Waals surface area (Å²) in [6.45, 7) is 0. The molecule has 0 saturated heterocycles. The lowest BCUT2D eigenvalue weighted by molar-refractivity contribution is 0.103. The highest BCUT2D eigenvalue weighted by Crippen LogP contribution is 2.32. The Morgan fingerprint density at radius 1 is 1.19 bits per heavy atom. The van der Waals surface area contributed by atoms with Crippen LogP contribution in [0.15, 0.2) is 30.3 Å². The molecule has 16 heavy (non-hydrogen) atoms. The van der Waals surface area contributed by atoms with Gasteiger partial charge in [0.1, 0.15) is 10.2 Å². The Morgan fingerprint density at radius 3 is 2.31 bits per heavy atom. The van der Waals surface area contributed by atoms with Gasteiger partial charge >= 0.3 is 0 Å². The fourth-order valence-corrected chi connectivity index (χ4v) is 2.71. The third-order valence-corrected chi connectivity index (χ3v) is 3.50. The summed E-state index contributed by atoms with van der Waals surface area (Å²) >= 11 is 12.7. The van der Waals surface area contributed by atoms with Crippen LogP contribution in [0.4, 0.5) is 4.39 Å². The van der Waals surface area contributed by atoms with Crippen LogP contribution in [0.25, 0.3) is 0 Å². The van der Waals surface area contributed by atoms with Crippen molar-refractivity contribution in [3.63, 3.8) is 0 Å². The van der Waals surface area contributed by atoms with E-state index < -0.39 is 0 Å². The normalized spacial score (nSPS) is 10.4. The van der Waals surface area contributed by atoms with Crippen molar-refractivity contribution in [2.24, 2.45) is 0 Å². The van der Waals surface area contributed by atoms with E-state index in [2.05, 4.69) is 0 Å². The summed E-state index contributed by atoms with van der Waals surface area (Å²) in [6, 6.07) is 6.81. The van der Waals surface area contributed by atoms with Gasteiger partial charge in [-0.25, -0.2) is 4.39 Å². The molecule has 1 nitrogen and oxygen atoms in total. The third-order valence-electron chi connectivity index (χ3n) is 2.01. The van der Waals surface area contributed by atoms with E-state index in [1.807, 2.05) is 0 Å². The van der Waals surface area contributed by atoms with Gasteiger partial charge in [-0.3, -0.25) is 4.79 Å². The fraction of sp³-hybridized carbons (Fsp3) is 0. The molecule has 0 saturated carbocycles. The molecule has 0 fully saturated rings. The molecule has 0 radical (unpaired) electrons. The summed E-state index contributed by atoms with van der Waals surface area (Å²) in [7, 11) is 0. The molecule has 0 aliphatic rings. The first-order valence-electron chi connectivity index (χ1n) is 4.33. The highest BCUT2D eigenvalue weighted by atomic mass is 35.5. The van der Waals surface area contributed by atoms with E-state index >= 15 is 0 Å². The van der Waals surface area contributed by atoms with Crippen molar-refractivity contribution < 1.29 is 9.18 Å². The minimum absolute atomic E-state index is 0.256. The summed E-state index contributed by atoms with van der Waals surface area (Å²) in [5.74, 6) is -0.640. The molecule has 2 aromatic rings. The van der Waals surface area contributed by atoms with Crippen LogP contribution in [0, 0.1) is 5.82 Å². The second-order valence-electron chi connectivity index (χ2n) is 3.07. The van der Waals surface area contributed by atoms with E-state index in [1.165, 1.54) is 30.3 Å². The van der Waals surface area contributed by atoms with E-state index in [0.29, 0.717) is 19.8 Å². The number of hydrogen-bond acceptors (Lipinski definition) is 2. The number of carbonyl (C=O) groups excluding carboxylic acids is 1. The molecule has 0 aliphatic carbocycles. The Balaban J connectivity index is 2.39. The molecule has 82 valence electrons. The molecule has 1 heterocycles. The summed E-state index contributed by atoms with van der Waals surface area (Å²) in [5, 5.41) is 0. The third kappa shape index (κ3) is 2.26. The highest BCUT2D eigenvalue weighted by Gasteiger charge is 2.15. The van der Waals surface area contributed by atoms with Gasteiger partial charge in [0.05, 0.1) is 9.90 Å². The van der Waals surface area contributed by atoms with Crippen molar-refractivity contribution in [3.05, 3.63) is 55.9 Å². The van der Waals surface area contributed by atoms with Crippen molar-refractivity contribution in [2.75, 3.05) is 0 Å². The van der Waals surface area contributed by atoms with Gasteiger partial charge in [0, 0.05) is 5.56 Å². The van der Waals surface area contributed by atoms with E-state index in [0.717, 1.165) is 11.3 Å². The number of carbonyl (C=O) groups is 1. The summed E-state index contributed by atoms with van der Waals surface area (Å²) < 4.78 is 13.5. The maximum atomic E-state index is 12.7. The van der Waals surface area contributed by atoms with Crippen molar-refractivity contribution >= 4 is 40.3 Å². The molecule has 0 bridgehead atoms. The van der Waals surface area contributed by atoms with E-state index in [1.54, 1.807) is 0 Å². The molecule has 1 aromatic heterocycles. The molecule has 0 atom stereocenters. The summed E-state index contributed by atoms with van der Waals surface area (Å²) in [4.78, 5) is 11.9. The second-order valence-corrected chi connectivity index (χ2v) is 5.36. The van der Waals surface area contributed by atoms with Gasteiger partial charge in [-0.15, -0.1) is 11.3 Å². The van der Waals surface area contributed by atoms with Gasteiger partial charge in [-0.1, -0.05) is 23.2 Å². The standard InChI is InChI=1S/C11H5Cl2FOS/c12-9-5-8(11(13)16-9)10(15)6-1-3-7(14)4-2-6/h1-5H. The lowest BCUT2D eigenvalue weighted by Gasteiger charge is -1.98. The lowest BCUT2D eigenvalue weighted by atomic mass is 10.1. The van der Waals surface area contributed by atoms with E-state index in [-0.39, 0.29) is 11.6 Å². The Bertz CT molecular complexity index is 533. The van der Waals surface area contributed by atoms with E-state index in [9.17, 15) is 9.18 Å². The van der Waals surface area contributed by atoms with Gasteiger partial charge in [0.15, 0.2) is 5.78 Å². The number of hydrogen-bond donors (Lipinski definition) is 0. The van der Waals surface area contributed by atoms with Crippen LogP contribution in [0.5, 0.6) is 0 Å². The monoisotopic (exact) mass is 274 g/mol. The number of halogens is 3. The fourth-order valence-electron chi connectivity index (χ4n) is 1.25. The lowest BCUT2D eigenvalue weighted by Crippen LogP contribution is -1.99. The van der Waals surface area contributed by atoms with Crippen LogP contribution in [-0.2, 0) is 0 Å². The van der Waals surface area contributed by atoms with Crippen molar-refractivity contribution in [1.82, 2.24) is 0 Å². The van der Waals surface area contributed by atoms with Crippen molar-refractivity contribution in [1.29, 1.82) is 0 Å². The Kier molecular flexibility index (Phi) is 3.28. The molecule has 5 heteroatoms. The summed E-state index contributed by atoms with van der Waals surface area (Å²) in [5.41, 5.74) is 0.737. The molecule has 2 rings (SSSR count). The SMILES string of the molecule is O=C(c1ccc(F)cc1)c1cc(Cl)sc1Cl. The van der Waals surface area contributed by atoms with Gasteiger partial charge < -0.3 is 0 Å². The van der Waals surface area contributed by atoms with Gasteiger partial charge in [0.25, 0.3) is 0 Å². The minimum atomic E-state index is -0.383. The minimum Gasteiger partial charge on any atom is -0.289 e. The first-order valence-corrected chi connectivity index (χ1v) is 5.90. The van der Waals surface area contributed by atoms with Gasteiger partial charge in [0.2, 0.25) is 0 Å². The molecule has 0 amide bonds. The quantitative estimate of drug-likeness (QED) is 0.741. The Morgan fingerprint density at radius 2 is 1.81 bits per heavy atom. The maximum Gasteiger partial charge on any atom is 0.195 e. The number of thiophene rings is 1. The number of ketones is 1. The topological polar surface area (TPSA) is 17.1 Å². The molecular formula is C11H5Cl2FOS. The molecule has 0 aliphatic heterocycles. The smallest absolute Gasteiger partial charge is 0.195 e. The predicted octanol–water partition coefficient (Wildman–Crippen LogP) is 4.43. The molecule has 0 spiro atoms. The van der Waals surface area contributed by atoms with Crippen LogP contribution in [0.2, 0.25) is 8.67 Å². The van der Waals surface area contributed by atoms with Crippen LogP contribution < -0.4 is 0 Å². The molecule has 1 aromatic carbocycles. The Labute approximate surface area is 105 Å². The predicted molar refractivity (Wildman–Crippen MR) is 64.2 cm³/mol. The summed E-state index contributed by atoms with van der Waals surface area (Å²) in [6.07, 6.45) is 0. The van der Waals surface area contributed by atoms with Gasteiger partial charge in [-0.05, 0) is 30.3 Å². The second kappa shape index (κ2) is 4.53. The first-order chi connectivity index (χ1) is 7.58. The molecule has 0 N–H and O–H groups in total. The first kappa shape index (κ1) is 11.6. The van der Waals surface area contributed by atoms with Crippen LogP contribution in [-0.4, -0.2) is 5.78 Å². The number of rotatable bonds is 2. The van der Waals surface area contributed by atoms with E-state index in [4.69, 9.17) is 23.2 Å².